The molecule has 0 bridgehead atoms. The lowest BCUT2D eigenvalue weighted by molar-refractivity contribution is 0.129. The Balaban J connectivity index is 1.92. The van der Waals surface area contributed by atoms with E-state index < -0.39 is 0 Å². The standard InChI is InChI=1S/C13H17FN2OS/c14-12-9(3-1-5-11(12)13(15)16)7-18-8-10-4-2-6-17-10/h1,3,5,10H,2,4,6-8H2,(H3,15,16). The van der Waals surface area contributed by atoms with Crippen LogP contribution in [0.1, 0.15) is 24.0 Å². The number of ether oxygens (including phenoxy) is 1. The summed E-state index contributed by atoms with van der Waals surface area (Å²) in [6, 6.07) is 5.01. The van der Waals surface area contributed by atoms with Crippen molar-refractivity contribution in [3.05, 3.63) is 35.1 Å². The van der Waals surface area contributed by atoms with Crippen LogP contribution in [0.15, 0.2) is 18.2 Å². The number of benzene rings is 1. The number of thioether (sulfide) groups is 1. The number of hydrogen-bond acceptors (Lipinski definition) is 3. The topological polar surface area (TPSA) is 59.1 Å². The van der Waals surface area contributed by atoms with E-state index in [1.807, 2.05) is 0 Å². The van der Waals surface area contributed by atoms with Crippen LogP contribution in [0.2, 0.25) is 0 Å². The van der Waals surface area contributed by atoms with Crippen LogP contribution in [-0.2, 0) is 10.5 Å². The quantitative estimate of drug-likeness (QED) is 0.637. The summed E-state index contributed by atoms with van der Waals surface area (Å²) in [5, 5.41) is 7.30. The third kappa shape index (κ3) is 3.23. The minimum Gasteiger partial charge on any atom is -0.384 e. The highest BCUT2D eigenvalue weighted by atomic mass is 32.2. The van der Waals surface area contributed by atoms with Crippen molar-refractivity contribution in [3.8, 4) is 0 Å². The Morgan fingerprint density at radius 2 is 2.39 bits per heavy atom. The monoisotopic (exact) mass is 268 g/mol. The summed E-state index contributed by atoms with van der Waals surface area (Å²) in [6.45, 7) is 0.847. The molecule has 2 rings (SSSR count). The van der Waals surface area contributed by atoms with Gasteiger partial charge < -0.3 is 10.5 Å². The molecule has 1 aliphatic rings. The fourth-order valence-corrected chi connectivity index (χ4v) is 3.06. The van der Waals surface area contributed by atoms with E-state index >= 15 is 0 Å². The van der Waals surface area contributed by atoms with Crippen molar-refractivity contribution in [1.82, 2.24) is 0 Å². The van der Waals surface area contributed by atoms with E-state index in [1.54, 1.807) is 23.9 Å². The van der Waals surface area contributed by atoms with E-state index in [2.05, 4.69) is 0 Å². The number of nitrogens with one attached hydrogen (secondary N) is 1. The van der Waals surface area contributed by atoms with Crippen LogP contribution in [0, 0.1) is 11.2 Å². The maximum absolute atomic E-state index is 14.0. The van der Waals surface area contributed by atoms with Crippen LogP contribution in [-0.4, -0.2) is 24.3 Å². The Kier molecular flexibility index (Phi) is 4.60. The summed E-state index contributed by atoms with van der Waals surface area (Å²) < 4.78 is 19.5. The molecule has 1 aromatic rings. The maximum atomic E-state index is 14.0. The van der Waals surface area contributed by atoms with Crippen molar-refractivity contribution in [2.75, 3.05) is 12.4 Å². The normalized spacial score (nSPS) is 19.1. The Morgan fingerprint density at radius 3 is 3.06 bits per heavy atom. The van der Waals surface area contributed by atoms with Gasteiger partial charge >= 0.3 is 0 Å². The van der Waals surface area contributed by atoms with Gasteiger partial charge in [-0.25, -0.2) is 4.39 Å². The maximum Gasteiger partial charge on any atom is 0.138 e. The molecule has 0 aliphatic carbocycles. The summed E-state index contributed by atoms with van der Waals surface area (Å²) in [4.78, 5) is 0. The second-order valence-corrected chi connectivity index (χ2v) is 5.37. The lowest BCUT2D eigenvalue weighted by atomic mass is 10.1. The minimum atomic E-state index is -0.371. The highest BCUT2D eigenvalue weighted by Crippen LogP contribution is 2.22. The van der Waals surface area contributed by atoms with E-state index in [0.717, 1.165) is 25.2 Å². The molecule has 1 fully saturated rings. The van der Waals surface area contributed by atoms with E-state index in [0.29, 0.717) is 17.4 Å². The Morgan fingerprint density at radius 1 is 1.56 bits per heavy atom. The molecule has 5 heteroatoms. The predicted molar refractivity (Wildman–Crippen MR) is 72.6 cm³/mol. The van der Waals surface area contributed by atoms with Crippen LogP contribution in [0.5, 0.6) is 0 Å². The second-order valence-electron chi connectivity index (χ2n) is 4.34. The number of rotatable bonds is 5. The molecule has 18 heavy (non-hydrogen) atoms. The van der Waals surface area contributed by atoms with Crippen LogP contribution >= 0.6 is 11.8 Å². The number of amidine groups is 1. The molecule has 1 atom stereocenters. The largest absolute Gasteiger partial charge is 0.384 e. The smallest absolute Gasteiger partial charge is 0.138 e. The molecule has 1 heterocycles. The molecule has 1 saturated heterocycles. The highest BCUT2D eigenvalue weighted by Gasteiger charge is 2.16. The first-order valence-corrected chi connectivity index (χ1v) is 7.15. The first kappa shape index (κ1) is 13.4. The van der Waals surface area contributed by atoms with Crippen molar-refractivity contribution in [1.29, 1.82) is 5.41 Å². The fourth-order valence-electron chi connectivity index (χ4n) is 1.98. The number of halogens is 1. The van der Waals surface area contributed by atoms with E-state index in [4.69, 9.17) is 15.9 Å². The molecule has 0 aromatic heterocycles. The molecule has 1 aromatic carbocycles. The predicted octanol–water partition coefficient (Wildman–Crippen LogP) is 2.52. The zero-order valence-electron chi connectivity index (χ0n) is 10.1. The lowest BCUT2D eigenvalue weighted by Gasteiger charge is -2.10. The van der Waals surface area contributed by atoms with Gasteiger partial charge in [0.25, 0.3) is 0 Å². The number of nitrogen functional groups attached to an aromatic ring is 1. The van der Waals surface area contributed by atoms with Gasteiger partial charge in [0.15, 0.2) is 0 Å². The lowest BCUT2D eigenvalue weighted by Crippen LogP contribution is -2.14. The molecule has 0 saturated carbocycles. The number of nitrogens with two attached hydrogens (primary N) is 1. The van der Waals surface area contributed by atoms with Crippen LogP contribution in [0.25, 0.3) is 0 Å². The molecule has 3 nitrogen and oxygen atoms in total. The number of hydrogen-bond donors (Lipinski definition) is 2. The zero-order valence-corrected chi connectivity index (χ0v) is 10.9. The van der Waals surface area contributed by atoms with E-state index in [-0.39, 0.29) is 17.2 Å². The molecular weight excluding hydrogens is 251 g/mol. The average molecular weight is 268 g/mol. The van der Waals surface area contributed by atoms with Crippen molar-refractivity contribution < 1.29 is 9.13 Å². The molecular formula is C13H17FN2OS. The summed E-state index contributed by atoms with van der Waals surface area (Å²) in [5.41, 5.74) is 6.12. The minimum absolute atomic E-state index is 0.185. The van der Waals surface area contributed by atoms with Gasteiger partial charge in [-0.3, -0.25) is 5.41 Å². The molecule has 0 radical (unpaired) electrons. The third-order valence-electron chi connectivity index (χ3n) is 2.95. The summed E-state index contributed by atoms with van der Waals surface area (Å²) in [5.74, 6) is 0.889. The van der Waals surface area contributed by atoms with Gasteiger partial charge in [0, 0.05) is 18.1 Å². The van der Waals surface area contributed by atoms with Crippen molar-refractivity contribution >= 4 is 17.6 Å². The van der Waals surface area contributed by atoms with E-state index in [1.165, 1.54) is 6.07 Å². The molecule has 3 N–H and O–H groups in total. The van der Waals surface area contributed by atoms with Gasteiger partial charge in [-0.1, -0.05) is 12.1 Å². The average Bonchev–Trinajstić information content (AvgIpc) is 2.84. The van der Waals surface area contributed by atoms with Crippen LogP contribution in [0.4, 0.5) is 4.39 Å². The van der Waals surface area contributed by atoms with Gasteiger partial charge in [-0.15, -0.1) is 0 Å². The van der Waals surface area contributed by atoms with Gasteiger partial charge in [0.2, 0.25) is 0 Å². The first-order valence-electron chi connectivity index (χ1n) is 5.99. The molecule has 0 amide bonds. The summed E-state index contributed by atoms with van der Waals surface area (Å²) >= 11 is 1.66. The van der Waals surface area contributed by atoms with Crippen molar-refractivity contribution in [2.45, 2.75) is 24.7 Å². The Bertz CT molecular complexity index is 433. The van der Waals surface area contributed by atoms with E-state index in [9.17, 15) is 4.39 Å². The van der Waals surface area contributed by atoms with Crippen molar-refractivity contribution in [3.63, 3.8) is 0 Å². The zero-order chi connectivity index (χ0) is 13.0. The van der Waals surface area contributed by atoms with Gasteiger partial charge in [0.05, 0.1) is 11.7 Å². The fraction of sp³-hybridized carbons (Fsp3) is 0.462. The summed E-state index contributed by atoms with van der Waals surface area (Å²) in [7, 11) is 0. The molecule has 98 valence electrons. The first-order chi connectivity index (χ1) is 8.68. The third-order valence-corrected chi connectivity index (χ3v) is 4.08. The second kappa shape index (κ2) is 6.20. The van der Waals surface area contributed by atoms with Crippen LogP contribution in [0.3, 0.4) is 0 Å². The van der Waals surface area contributed by atoms with Gasteiger partial charge in [-0.05, 0) is 24.5 Å². The van der Waals surface area contributed by atoms with Crippen molar-refractivity contribution in [2.24, 2.45) is 5.73 Å². The van der Waals surface area contributed by atoms with Gasteiger partial charge in [-0.2, -0.15) is 11.8 Å². The Labute approximate surface area is 110 Å². The van der Waals surface area contributed by atoms with Gasteiger partial charge in [0.1, 0.15) is 11.7 Å². The SMILES string of the molecule is N=C(N)c1cccc(CSCC2CCCO2)c1F. The molecule has 0 spiro atoms. The molecule has 1 unspecified atom stereocenters. The summed E-state index contributed by atoms with van der Waals surface area (Å²) in [6.07, 6.45) is 2.54. The molecule has 1 aliphatic heterocycles. The highest BCUT2D eigenvalue weighted by molar-refractivity contribution is 7.98. The van der Waals surface area contributed by atoms with Crippen LogP contribution < -0.4 is 5.73 Å². The Hall–Kier alpha value is -1.07.